The number of carbonyl (C=O) groups excluding carboxylic acids is 2. The first-order valence-electron chi connectivity index (χ1n) is 8.71. The van der Waals surface area contributed by atoms with Gasteiger partial charge in [-0.3, -0.25) is 0 Å². The number of para-hydroxylation sites is 1. The SMILES string of the molecule is C[C@@H]1CN(C(=O)Nc2ccccc2CN2CCNC2=O)CC[C@@H]1C. The van der Waals surface area contributed by atoms with Crippen LogP contribution in [0.4, 0.5) is 15.3 Å². The Bertz CT molecular complexity index is 619. The highest BCUT2D eigenvalue weighted by atomic mass is 16.2. The third-order valence-electron chi connectivity index (χ3n) is 5.19. The molecule has 2 saturated heterocycles. The molecule has 6 nitrogen and oxygen atoms in total. The quantitative estimate of drug-likeness (QED) is 0.895. The summed E-state index contributed by atoms with van der Waals surface area (Å²) in [6, 6.07) is 7.61. The summed E-state index contributed by atoms with van der Waals surface area (Å²) in [5.74, 6) is 1.18. The van der Waals surface area contributed by atoms with Crippen LogP contribution in [-0.4, -0.2) is 48.0 Å². The highest BCUT2D eigenvalue weighted by Gasteiger charge is 2.26. The van der Waals surface area contributed by atoms with Crippen LogP contribution in [0.2, 0.25) is 0 Å². The summed E-state index contributed by atoms with van der Waals surface area (Å²) >= 11 is 0. The number of nitrogens with zero attached hydrogens (tertiary/aromatic N) is 2. The zero-order valence-corrected chi connectivity index (χ0v) is 14.4. The number of nitrogens with one attached hydrogen (secondary N) is 2. The second-order valence-corrected chi connectivity index (χ2v) is 6.93. The number of anilines is 1. The monoisotopic (exact) mass is 330 g/mol. The minimum atomic E-state index is -0.0490. The number of hydrogen-bond acceptors (Lipinski definition) is 2. The molecule has 0 radical (unpaired) electrons. The summed E-state index contributed by atoms with van der Waals surface area (Å²) in [6.07, 6.45) is 1.05. The van der Waals surface area contributed by atoms with Gasteiger partial charge < -0.3 is 20.4 Å². The second-order valence-electron chi connectivity index (χ2n) is 6.93. The molecule has 0 aromatic heterocycles. The third kappa shape index (κ3) is 3.63. The first-order valence-corrected chi connectivity index (χ1v) is 8.71. The average molecular weight is 330 g/mol. The van der Waals surface area contributed by atoms with Gasteiger partial charge in [0.25, 0.3) is 0 Å². The molecule has 6 heteroatoms. The molecule has 2 aliphatic heterocycles. The van der Waals surface area contributed by atoms with Crippen LogP contribution < -0.4 is 10.6 Å². The summed E-state index contributed by atoms with van der Waals surface area (Å²) in [5.41, 5.74) is 1.75. The highest BCUT2D eigenvalue weighted by Crippen LogP contribution is 2.24. The fourth-order valence-corrected chi connectivity index (χ4v) is 3.29. The van der Waals surface area contributed by atoms with Crippen LogP contribution in [0.25, 0.3) is 0 Å². The van der Waals surface area contributed by atoms with E-state index in [9.17, 15) is 9.59 Å². The van der Waals surface area contributed by atoms with Gasteiger partial charge in [0.05, 0.1) is 0 Å². The van der Waals surface area contributed by atoms with E-state index in [0.29, 0.717) is 31.5 Å². The first-order chi connectivity index (χ1) is 11.5. The number of benzene rings is 1. The molecule has 1 aromatic rings. The van der Waals surface area contributed by atoms with E-state index in [1.54, 1.807) is 4.90 Å². The standard InChI is InChI=1S/C18H26N4O2/c1-13-7-9-21(11-14(13)2)18(24)20-16-6-4-3-5-15(16)12-22-10-8-19-17(22)23/h3-6,13-14H,7-12H2,1-2H3,(H,19,23)(H,20,24)/t13-,14+/m0/s1. The van der Waals surface area contributed by atoms with Gasteiger partial charge in [-0.15, -0.1) is 0 Å². The van der Waals surface area contributed by atoms with Gasteiger partial charge in [-0.05, 0) is 29.9 Å². The van der Waals surface area contributed by atoms with Crippen molar-refractivity contribution in [1.29, 1.82) is 0 Å². The Kier molecular flexibility index (Phi) is 4.92. The van der Waals surface area contributed by atoms with Crippen molar-refractivity contribution in [2.45, 2.75) is 26.8 Å². The number of amides is 4. The van der Waals surface area contributed by atoms with Gasteiger partial charge in [-0.25, -0.2) is 9.59 Å². The molecule has 4 amide bonds. The summed E-state index contributed by atoms with van der Waals surface area (Å²) in [6.45, 7) is 7.92. The number of rotatable bonds is 3. The van der Waals surface area contributed by atoms with Crippen LogP contribution in [0, 0.1) is 11.8 Å². The third-order valence-corrected chi connectivity index (χ3v) is 5.19. The van der Waals surface area contributed by atoms with Gasteiger partial charge in [-0.1, -0.05) is 32.0 Å². The molecule has 1 aromatic carbocycles. The molecule has 2 N–H and O–H groups in total. The van der Waals surface area contributed by atoms with Gasteiger partial charge in [-0.2, -0.15) is 0 Å². The minimum absolute atomic E-state index is 0.0463. The van der Waals surface area contributed by atoms with Crippen LogP contribution in [0.15, 0.2) is 24.3 Å². The fourth-order valence-electron chi connectivity index (χ4n) is 3.29. The Balaban J connectivity index is 1.66. The fraction of sp³-hybridized carbons (Fsp3) is 0.556. The normalized spacial score (nSPS) is 24.0. The Morgan fingerprint density at radius 2 is 2.04 bits per heavy atom. The van der Waals surface area contributed by atoms with Crippen LogP contribution in [0.3, 0.4) is 0 Å². The summed E-state index contributed by atoms with van der Waals surface area (Å²) < 4.78 is 0. The van der Waals surface area contributed by atoms with E-state index in [4.69, 9.17) is 0 Å². The minimum Gasteiger partial charge on any atom is -0.336 e. The molecule has 3 rings (SSSR count). The summed E-state index contributed by atoms with van der Waals surface area (Å²) in [7, 11) is 0. The van der Waals surface area contributed by atoms with Gasteiger partial charge in [0.1, 0.15) is 0 Å². The number of hydrogen-bond donors (Lipinski definition) is 2. The highest BCUT2D eigenvalue weighted by molar-refractivity contribution is 5.90. The van der Waals surface area contributed by atoms with Crippen molar-refractivity contribution in [3.63, 3.8) is 0 Å². The van der Waals surface area contributed by atoms with E-state index in [-0.39, 0.29) is 12.1 Å². The summed E-state index contributed by atoms with van der Waals surface area (Å²) in [4.78, 5) is 28.0. The number of urea groups is 2. The predicted molar refractivity (Wildman–Crippen MR) is 93.8 cm³/mol. The van der Waals surface area contributed by atoms with Crippen molar-refractivity contribution in [1.82, 2.24) is 15.1 Å². The van der Waals surface area contributed by atoms with Gasteiger partial charge in [0, 0.05) is 38.4 Å². The largest absolute Gasteiger partial charge is 0.336 e. The van der Waals surface area contributed by atoms with E-state index in [0.717, 1.165) is 30.8 Å². The lowest BCUT2D eigenvalue weighted by molar-refractivity contribution is 0.154. The lowest BCUT2D eigenvalue weighted by Crippen LogP contribution is -2.44. The molecule has 0 unspecified atom stereocenters. The topological polar surface area (TPSA) is 64.7 Å². The molecular weight excluding hydrogens is 304 g/mol. The van der Waals surface area contributed by atoms with E-state index in [1.165, 1.54) is 0 Å². The Morgan fingerprint density at radius 1 is 1.25 bits per heavy atom. The molecule has 0 saturated carbocycles. The Morgan fingerprint density at radius 3 is 2.75 bits per heavy atom. The molecule has 0 spiro atoms. The van der Waals surface area contributed by atoms with Gasteiger partial charge in [0.15, 0.2) is 0 Å². The number of carbonyl (C=O) groups is 2. The van der Waals surface area contributed by atoms with Crippen LogP contribution in [-0.2, 0) is 6.54 Å². The average Bonchev–Trinajstić information content (AvgIpc) is 2.97. The lowest BCUT2D eigenvalue weighted by atomic mass is 9.89. The molecule has 2 heterocycles. The molecule has 2 fully saturated rings. The van der Waals surface area contributed by atoms with E-state index in [2.05, 4.69) is 24.5 Å². The lowest BCUT2D eigenvalue weighted by Gasteiger charge is -2.35. The van der Waals surface area contributed by atoms with Crippen molar-refractivity contribution in [3.05, 3.63) is 29.8 Å². The maximum Gasteiger partial charge on any atom is 0.321 e. The maximum atomic E-state index is 12.6. The van der Waals surface area contributed by atoms with E-state index >= 15 is 0 Å². The first kappa shape index (κ1) is 16.6. The van der Waals surface area contributed by atoms with E-state index < -0.39 is 0 Å². The van der Waals surface area contributed by atoms with Crippen molar-refractivity contribution in [2.24, 2.45) is 11.8 Å². The molecule has 24 heavy (non-hydrogen) atoms. The Hall–Kier alpha value is -2.24. The smallest absolute Gasteiger partial charge is 0.321 e. The van der Waals surface area contributed by atoms with Crippen molar-refractivity contribution in [2.75, 3.05) is 31.5 Å². The van der Waals surface area contributed by atoms with Crippen molar-refractivity contribution >= 4 is 17.7 Å². The molecule has 0 aliphatic carbocycles. The molecule has 2 aliphatic rings. The van der Waals surface area contributed by atoms with E-state index in [1.807, 2.05) is 29.2 Å². The zero-order chi connectivity index (χ0) is 17.1. The van der Waals surface area contributed by atoms with Crippen LogP contribution in [0.5, 0.6) is 0 Å². The van der Waals surface area contributed by atoms with Crippen molar-refractivity contribution < 1.29 is 9.59 Å². The molecule has 0 bridgehead atoms. The molecule has 2 atom stereocenters. The van der Waals surface area contributed by atoms with Gasteiger partial charge >= 0.3 is 12.1 Å². The summed E-state index contributed by atoms with van der Waals surface area (Å²) in [5, 5.41) is 5.84. The number of likely N-dealkylation sites (tertiary alicyclic amines) is 1. The second kappa shape index (κ2) is 7.11. The van der Waals surface area contributed by atoms with Crippen LogP contribution in [0.1, 0.15) is 25.8 Å². The zero-order valence-electron chi connectivity index (χ0n) is 14.4. The molecule has 130 valence electrons. The maximum absolute atomic E-state index is 12.6. The van der Waals surface area contributed by atoms with Gasteiger partial charge in [0.2, 0.25) is 0 Å². The predicted octanol–water partition coefficient (Wildman–Crippen LogP) is 2.72. The van der Waals surface area contributed by atoms with Crippen molar-refractivity contribution in [3.8, 4) is 0 Å². The number of piperidine rings is 1. The molecular formula is C18H26N4O2. The Labute approximate surface area is 143 Å². The van der Waals surface area contributed by atoms with Crippen LogP contribution >= 0.6 is 0 Å².